The molecule has 0 amide bonds. The number of benzene rings is 3. The minimum absolute atomic E-state index is 0.203. The molecule has 0 saturated heterocycles. The molecule has 11 heteroatoms. The number of sulfonamides is 1. The minimum Gasteiger partial charge on any atom is -0.497 e. The van der Waals surface area contributed by atoms with Crippen molar-refractivity contribution < 1.29 is 17.5 Å². The van der Waals surface area contributed by atoms with Crippen LogP contribution in [0.2, 0.25) is 5.02 Å². The molecular formula is C34H37ClFN5O3S. The Morgan fingerprint density at radius 2 is 1.51 bits per heavy atom. The number of aromatic nitrogens is 2. The second-order valence-electron chi connectivity index (χ2n) is 11.0. The smallest absolute Gasteiger partial charge is 0.243 e. The van der Waals surface area contributed by atoms with Crippen LogP contribution >= 0.6 is 11.6 Å². The third-order valence-corrected chi connectivity index (χ3v) is 9.77. The maximum Gasteiger partial charge on any atom is 0.243 e. The van der Waals surface area contributed by atoms with Gasteiger partial charge in [-0.2, -0.15) is 4.31 Å². The SMILES string of the molecule is COc1ccc(S(=O)(=O)N(CCCCNc2cc(C)nc3c(C)cc(F)cc23)CCNc2cc(C)nc3ccc(Cl)cc23)cc1. The molecule has 0 fully saturated rings. The number of anilines is 2. The van der Waals surface area contributed by atoms with Gasteiger partial charge in [0.05, 0.1) is 23.0 Å². The fourth-order valence-electron chi connectivity index (χ4n) is 5.41. The predicted octanol–water partition coefficient (Wildman–Crippen LogP) is 7.50. The van der Waals surface area contributed by atoms with Gasteiger partial charge in [-0.25, -0.2) is 12.8 Å². The number of nitrogens with zero attached hydrogens (tertiary/aromatic N) is 3. The van der Waals surface area contributed by atoms with Gasteiger partial charge in [-0.15, -0.1) is 0 Å². The average molecular weight is 650 g/mol. The second-order valence-corrected chi connectivity index (χ2v) is 13.4. The Morgan fingerprint density at radius 3 is 2.24 bits per heavy atom. The van der Waals surface area contributed by atoms with Crippen molar-refractivity contribution in [2.45, 2.75) is 38.5 Å². The van der Waals surface area contributed by atoms with Crippen LogP contribution in [0.15, 0.2) is 71.6 Å². The lowest BCUT2D eigenvalue weighted by Crippen LogP contribution is -2.36. The van der Waals surface area contributed by atoms with Crippen molar-refractivity contribution in [1.29, 1.82) is 0 Å². The Morgan fingerprint density at radius 1 is 0.822 bits per heavy atom. The van der Waals surface area contributed by atoms with E-state index in [4.69, 9.17) is 16.3 Å². The summed E-state index contributed by atoms with van der Waals surface area (Å²) in [5.41, 5.74) is 5.70. The highest BCUT2D eigenvalue weighted by atomic mass is 35.5. The number of hydrogen-bond donors (Lipinski definition) is 2. The van der Waals surface area contributed by atoms with Crippen LogP contribution in [-0.4, -0.2) is 56.0 Å². The van der Waals surface area contributed by atoms with Crippen LogP contribution in [0, 0.1) is 26.6 Å². The lowest BCUT2D eigenvalue weighted by molar-refractivity contribution is 0.409. The molecule has 0 spiro atoms. The van der Waals surface area contributed by atoms with Crippen LogP contribution in [0.3, 0.4) is 0 Å². The van der Waals surface area contributed by atoms with Gasteiger partial charge in [0.1, 0.15) is 11.6 Å². The molecular weight excluding hydrogens is 613 g/mol. The molecule has 0 atom stereocenters. The molecule has 236 valence electrons. The molecule has 5 rings (SSSR count). The number of methoxy groups -OCH3 is 1. The highest BCUT2D eigenvalue weighted by Gasteiger charge is 2.24. The second kappa shape index (κ2) is 14.0. The number of pyridine rings is 2. The zero-order valence-corrected chi connectivity index (χ0v) is 27.4. The number of halogens is 2. The maximum absolute atomic E-state index is 14.2. The minimum atomic E-state index is -3.79. The average Bonchev–Trinajstić information content (AvgIpc) is 3.00. The lowest BCUT2D eigenvalue weighted by atomic mass is 10.1. The van der Waals surface area contributed by atoms with Crippen molar-refractivity contribution in [3.05, 3.63) is 94.5 Å². The van der Waals surface area contributed by atoms with Gasteiger partial charge in [0.2, 0.25) is 10.0 Å². The summed E-state index contributed by atoms with van der Waals surface area (Å²) in [6, 6.07) is 18.8. The summed E-state index contributed by atoms with van der Waals surface area (Å²) in [4.78, 5) is 9.37. The molecule has 0 aliphatic heterocycles. The van der Waals surface area contributed by atoms with Gasteiger partial charge in [0, 0.05) is 64.7 Å². The summed E-state index contributed by atoms with van der Waals surface area (Å²) in [5, 5.41) is 9.03. The van der Waals surface area contributed by atoms with Gasteiger partial charge in [0.25, 0.3) is 0 Å². The van der Waals surface area contributed by atoms with E-state index in [1.807, 2.05) is 45.0 Å². The molecule has 45 heavy (non-hydrogen) atoms. The zero-order chi connectivity index (χ0) is 32.1. The first-order valence-corrected chi connectivity index (χ1v) is 16.6. The number of unbranched alkanes of at least 4 members (excludes halogenated alkanes) is 1. The highest BCUT2D eigenvalue weighted by Crippen LogP contribution is 2.28. The van der Waals surface area contributed by atoms with E-state index in [0.29, 0.717) is 43.2 Å². The van der Waals surface area contributed by atoms with Crippen LogP contribution in [0.5, 0.6) is 5.75 Å². The molecule has 0 saturated carbocycles. The van der Waals surface area contributed by atoms with E-state index in [1.165, 1.54) is 16.4 Å². The fourth-order valence-corrected chi connectivity index (χ4v) is 7.06. The van der Waals surface area contributed by atoms with Crippen molar-refractivity contribution in [1.82, 2.24) is 14.3 Å². The Bertz CT molecular complexity index is 1940. The van der Waals surface area contributed by atoms with Crippen molar-refractivity contribution in [2.75, 3.05) is 43.9 Å². The number of hydrogen-bond acceptors (Lipinski definition) is 7. The molecule has 5 aromatic rings. The molecule has 2 N–H and O–H groups in total. The number of ether oxygens (including phenoxy) is 1. The summed E-state index contributed by atoms with van der Waals surface area (Å²) < 4.78 is 48.5. The van der Waals surface area contributed by atoms with Gasteiger partial charge in [-0.1, -0.05) is 11.6 Å². The number of rotatable bonds is 13. The molecule has 0 unspecified atom stereocenters. The highest BCUT2D eigenvalue weighted by molar-refractivity contribution is 7.89. The zero-order valence-electron chi connectivity index (χ0n) is 25.8. The van der Waals surface area contributed by atoms with E-state index in [-0.39, 0.29) is 17.3 Å². The Labute approximate surface area is 268 Å². The molecule has 0 bridgehead atoms. The van der Waals surface area contributed by atoms with Crippen LogP contribution in [0.25, 0.3) is 21.8 Å². The topological polar surface area (TPSA) is 96.5 Å². The summed E-state index contributed by atoms with van der Waals surface area (Å²) in [6.07, 6.45) is 1.32. The number of fused-ring (bicyclic) bond motifs is 2. The van der Waals surface area contributed by atoms with Crippen LogP contribution < -0.4 is 15.4 Å². The van der Waals surface area contributed by atoms with Gasteiger partial charge in [0.15, 0.2) is 0 Å². The molecule has 2 aromatic heterocycles. The lowest BCUT2D eigenvalue weighted by Gasteiger charge is -2.23. The molecule has 0 aliphatic carbocycles. The molecule has 0 radical (unpaired) electrons. The monoisotopic (exact) mass is 649 g/mol. The first kappa shape index (κ1) is 32.4. The van der Waals surface area contributed by atoms with Crippen molar-refractivity contribution in [3.8, 4) is 5.75 Å². The van der Waals surface area contributed by atoms with E-state index in [9.17, 15) is 12.8 Å². The Balaban J connectivity index is 1.29. The van der Waals surface area contributed by atoms with E-state index < -0.39 is 10.0 Å². The van der Waals surface area contributed by atoms with Gasteiger partial charge in [-0.3, -0.25) is 9.97 Å². The third kappa shape index (κ3) is 7.64. The first-order valence-electron chi connectivity index (χ1n) is 14.8. The van der Waals surface area contributed by atoms with Crippen LogP contribution in [0.1, 0.15) is 29.8 Å². The van der Waals surface area contributed by atoms with Gasteiger partial charge >= 0.3 is 0 Å². The van der Waals surface area contributed by atoms with Crippen molar-refractivity contribution in [2.24, 2.45) is 0 Å². The van der Waals surface area contributed by atoms with Gasteiger partial charge in [-0.05, 0) is 106 Å². The number of aryl methyl sites for hydroxylation is 3. The Hall–Kier alpha value is -3.99. The van der Waals surface area contributed by atoms with E-state index in [0.717, 1.165) is 50.1 Å². The number of nitrogens with one attached hydrogen (secondary N) is 2. The van der Waals surface area contributed by atoms with Crippen LogP contribution in [-0.2, 0) is 10.0 Å². The summed E-state index contributed by atoms with van der Waals surface area (Å²) >= 11 is 6.26. The first-order chi connectivity index (χ1) is 21.5. The predicted molar refractivity (Wildman–Crippen MR) is 181 cm³/mol. The fraction of sp³-hybridized carbons (Fsp3) is 0.294. The maximum atomic E-state index is 14.2. The molecule has 3 aromatic carbocycles. The van der Waals surface area contributed by atoms with Crippen molar-refractivity contribution in [3.63, 3.8) is 0 Å². The summed E-state index contributed by atoms with van der Waals surface area (Å²) in [7, 11) is -2.24. The van der Waals surface area contributed by atoms with Crippen LogP contribution in [0.4, 0.5) is 15.8 Å². The molecule has 2 heterocycles. The quantitative estimate of drug-likeness (QED) is 0.128. The third-order valence-electron chi connectivity index (χ3n) is 7.62. The van der Waals surface area contributed by atoms with Gasteiger partial charge < -0.3 is 15.4 Å². The normalized spacial score (nSPS) is 11.8. The van der Waals surface area contributed by atoms with E-state index in [1.54, 1.807) is 37.4 Å². The Kier molecular flexibility index (Phi) is 10.1. The summed E-state index contributed by atoms with van der Waals surface area (Å²) in [5.74, 6) is 0.278. The summed E-state index contributed by atoms with van der Waals surface area (Å²) in [6.45, 7) is 7.22. The molecule has 0 aliphatic rings. The van der Waals surface area contributed by atoms with Crippen molar-refractivity contribution >= 4 is 54.8 Å². The standard InChI is InChI=1S/C34H37ClFN5O3S/c1-22-17-26(36)21-30-33(19-24(3)40-34(22)30)37-13-5-6-15-41(45(42,43)28-10-8-27(44-4)9-11-28)16-14-38-32-18-23(2)39-31-12-7-25(35)20-29(31)32/h7-12,17-21H,5-6,13-16H2,1-4H3,(H,37,40)(H,38,39). The van der Waals surface area contributed by atoms with E-state index in [2.05, 4.69) is 20.6 Å². The largest absolute Gasteiger partial charge is 0.497 e. The molecule has 8 nitrogen and oxygen atoms in total. The van der Waals surface area contributed by atoms with E-state index >= 15 is 0 Å².